The molecule has 3 aromatic heterocycles. The van der Waals surface area contributed by atoms with E-state index in [4.69, 9.17) is 15.0 Å². The van der Waals surface area contributed by atoms with Gasteiger partial charge in [0.15, 0.2) is 17.5 Å². The zero-order valence-corrected chi connectivity index (χ0v) is 60.9. The highest BCUT2D eigenvalue weighted by Crippen LogP contribution is 2.46. The van der Waals surface area contributed by atoms with Gasteiger partial charge in [0.05, 0.1) is 11.0 Å². The first-order chi connectivity index (χ1) is 49.5. The first-order valence-corrected chi connectivity index (χ1v) is 36.5. The first kappa shape index (κ1) is 63.7. The molecule has 0 atom stereocenters. The zero-order valence-electron chi connectivity index (χ0n) is 60.9. The van der Waals surface area contributed by atoms with Gasteiger partial charge >= 0.3 is 0 Å². The number of nitrogens with zero attached hydrogens (tertiary/aromatic N) is 5. The van der Waals surface area contributed by atoms with Gasteiger partial charge in [-0.25, -0.2) is 15.0 Å². The summed E-state index contributed by atoms with van der Waals surface area (Å²) >= 11 is 0. The minimum absolute atomic E-state index is 0.00496. The van der Waals surface area contributed by atoms with Crippen LogP contribution in [0.25, 0.3) is 156 Å². The van der Waals surface area contributed by atoms with Crippen LogP contribution in [0.5, 0.6) is 0 Å². The summed E-state index contributed by atoms with van der Waals surface area (Å²) in [6.07, 6.45) is 0. The molecule has 6 heteroatoms. The van der Waals surface area contributed by atoms with E-state index < -0.39 is 0 Å². The smallest absolute Gasteiger partial charge is 0.252 e. The van der Waals surface area contributed by atoms with E-state index in [0.717, 1.165) is 83.6 Å². The lowest BCUT2D eigenvalue weighted by molar-refractivity contribution is 0.590. The molecule has 0 spiro atoms. The molecule has 5 nitrogen and oxygen atoms in total. The van der Waals surface area contributed by atoms with Crippen LogP contribution in [0.1, 0.15) is 105 Å². The number of aromatic nitrogens is 5. The van der Waals surface area contributed by atoms with Gasteiger partial charge in [0, 0.05) is 60.6 Å². The van der Waals surface area contributed by atoms with Crippen molar-refractivity contribution in [2.24, 2.45) is 0 Å². The Morgan fingerprint density at radius 1 is 0.233 bits per heavy atom. The molecule has 0 saturated carbocycles. The fourth-order valence-electron chi connectivity index (χ4n) is 16.3. The Morgan fingerprint density at radius 3 is 0.816 bits per heavy atom. The Bertz CT molecular complexity index is 5610. The lowest BCUT2D eigenvalue weighted by atomic mass is 9.34. The normalized spacial score (nSPS) is 12.8. The number of rotatable bonds is 9. The molecule has 0 fully saturated rings. The molecule has 0 saturated heterocycles. The van der Waals surface area contributed by atoms with Crippen LogP contribution in [0.15, 0.2) is 279 Å². The van der Waals surface area contributed by atoms with Crippen LogP contribution in [-0.4, -0.2) is 30.8 Å². The molecule has 498 valence electrons. The van der Waals surface area contributed by atoms with Gasteiger partial charge in [0.25, 0.3) is 6.71 Å². The molecule has 16 aromatic rings. The van der Waals surface area contributed by atoms with Gasteiger partial charge in [-0.1, -0.05) is 277 Å². The predicted octanol–water partition coefficient (Wildman–Crippen LogP) is 23.4. The molecule has 5 heterocycles. The van der Waals surface area contributed by atoms with E-state index in [9.17, 15) is 0 Å². The fourth-order valence-corrected chi connectivity index (χ4v) is 16.3. The molecule has 18 rings (SSSR count). The third-order valence-electron chi connectivity index (χ3n) is 21.9. The molecule has 0 radical (unpaired) electrons. The van der Waals surface area contributed by atoms with E-state index in [-0.39, 0.29) is 28.4 Å². The largest absolute Gasteiger partial charge is 0.310 e. The second-order valence-corrected chi connectivity index (χ2v) is 32.9. The van der Waals surface area contributed by atoms with E-state index in [1.807, 2.05) is 0 Å². The molecule has 2 aliphatic heterocycles. The van der Waals surface area contributed by atoms with Crippen LogP contribution < -0.4 is 16.4 Å². The van der Waals surface area contributed by atoms with Crippen molar-refractivity contribution in [1.82, 2.24) is 24.1 Å². The molecule has 0 bridgehead atoms. The average molecular weight is 1330 g/mol. The van der Waals surface area contributed by atoms with Gasteiger partial charge in [0.2, 0.25) is 0 Å². The molecule has 13 aromatic carbocycles. The van der Waals surface area contributed by atoms with Crippen LogP contribution in [0.2, 0.25) is 0 Å². The highest BCUT2D eigenvalue weighted by Gasteiger charge is 2.43. The molecule has 0 unspecified atom stereocenters. The second kappa shape index (κ2) is 23.6. The summed E-state index contributed by atoms with van der Waals surface area (Å²) in [5.41, 5.74) is 32.1. The zero-order chi connectivity index (χ0) is 70.6. The van der Waals surface area contributed by atoms with E-state index in [2.05, 4.69) is 371 Å². The Hall–Kier alpha value is -11.5. The summed E-state index contributed by atoms with van der Waals surface area (Å²) in [6, 6.07) is 105. The Morgan fingerprint density at radius 2 is 0.505 bits per heavy atom. The van der Waals surface area contributed by atoms with Crippen LogP contribution >= 0.6 is 0 Å². The third-order valence-corrected chi connectivity index (χ3v) is 21.9. The monoisotopic (exact) mass is 1330 g/mol. The summed E-state index contributed by atoms with van der Waals surface area (Å²) < 4.78 is 5.23. The van der Waals surface area contributed by atoms with Gasteiger partial charge in [-0.3, -0.25) is 0 Å². The standard InChI is InChI=1S/C97H82BN5/c1-94(2,3)74-37-33-63(34-38-74)69-51-80-78-57-76(96(7,8)9)41-43-84(78)102-86-55-73(56-87-88(86)98(82(53-69)89(80)102)83-54-70(64-35-39-75(40-36-64)95(4,5)6)52-81-79-58-77(97(10,11)12)42-44-85(79)103(87)90(81)83)93-100-91(71-47-65(59-25-17-13-18-26-59)45-66(48-71)60-27-19-14-20-28-60)99-92(101-93)72-49-67(61-29-21-15-22-30-61)46-68(50-72)62-31-23-16-24-32-62/h13-58H,1-12H3. The van der Waals surface area contributed by atoms with Crippen molar-refractivity contribution in [1.29, 1.82) is 0 Å². The maximum atomic E-state index is 5.85. The highest BCUT2D eigenvalue weighted by molar-refractivity contribution is 7.00. The van der Waals surface area contributed by atoms with E-state index in [1.165, 1.54) is 93.5 Å². The van der Waals surface area contributed by atoms with Crippen molar-refractivity contribution in [2.45, 2.75) is 105 Å². The number of hydrogen-bond acceptors (Lipinski definition) is 3. The second-order valence-electron chi connectivity index (χ2n) is 32.9. The molecule has 0 aliphatic carbocycles. The predicted molar refractivity (Wildman–Crippen MR) is 437 cm³/mol. The topological polar surface area (TPSA) is 48.5 Å². The summed E-state index contributed by atoms with van der Waals surface area (Å²) in [5.74, 6) is 1.75. The number of benzene rings is 13. The highest BCUT2D eigenvalue weighted by atomic mass is 15.1. The molecule has 2 aliphatic rings. The van der Waals surface area contributed by atoms with Gasteiger partial charge < -0.3 is 9.13 Å². The van der Waals surface area contributed by atoms with Crippen LogP contribution in [0.4, 0.5) is 0 Å². The Kier molecular flexibility index (Phi) is 14.6. The van der Waals surface area contributed by atoms with Crippen LogP contribution in [0.3, 0.4) is 0 Å². The van der Waals surface area contributed by atoms with Crippen molar-refractivity contribution in [3.8, 4) is 112 Å². The first-order valence-electron chi connectivity index (χ1n) is 36.5. The van der Waals surface area contributed by atoms with Crippen LogP contribution in [0, 0.1) is 0 Å². The molecule has 0 amide bonds. The minimum Gasteiger partial charge on any atom is -0.310 e. The van der Waals surface area contributed by atoms with Crippen molar-refractivity contribution in [3.05, 3.63) is 301 Å². The Balaban J connectivity index is 0.979. The molecule has 0 N–H and O–H groups in total. The van der Waals surface area contributed by atoms with E-state index >= 15 is 0 Å². The van der Waals surface area contributed by atoms with Crippen molar-refractivity contribution < 1.29 is 0 Å². The molecular formula is C97H82BN5. The fraction of sp³-hybridized carbons (Fsp3) is 0.165. The van der Waals surface area contributed by atoms with E-state index in [0.29, 0.717) is 17.5 Å². The van der Waals surface area contributed by atoms with Gasteiger partial charge in [-0.2, -0.15) is 0 Å². The summed E-state index contributed by atoms with van der Waals surface area (Å²) in [7, 11) is 0. The minimum atomic E-state index is -0.191. The Labute approximate surface area is 605 Å². The van der Waals surface area contributed by atoms with E-state index in [1.54, 1.807) is 0 Å². The summed E-state index contributed by atoms with van der Waals surface area (Å²) in [5, 5.41) is 4.94. The van der Waals surface area contributed by atoms with Crippen molar-refractivity contribution >= 4 is 66.7 Å². The quantitative estimate of drug-likeness (QED) is 0.135. The summed E-state index contributed by atoms with van der Waals surface area (Å²) in [4.78, 5) is 17.4. The lowest BCUT2D eigenvalue weighted by Crippen LogP contribution is -2.59. The average Bonchev–Trinajstić information content (AvgIpc) is 1.54. The van der Waals surface area contributed by atoms with Gasteiger partial charge in [-0.05, 0) is 212 Å². The number of hydrogen-bond donors (Lipinski definition) is 0. The maximum Gasteiger partial charge on any atom is 0.252 e. The van der Waals surface area contributed by atoms with Crippen molar-refractivity contribution in [2.75, 3.05) is 0 Å². The number of fused-ring (bicyclic) bond motifs is 10. The third kappa shape index (κ3) is 11.0. The van der Waals surface area contributed by atoms with Crippen LogP contribution in [-0.2, 0) is 21.7 Å². The molecular weight excluding hydrogens is 1250 g/mol. The SMILES string of the molecule is CC(C)(C)c1ccc(-c2cc3c4c(c2)c2cc(C(C)(C)C)ccc2n4-c2cc(-c4nc(-c5cc(-c6ccccc6)cc(-c6ccccc6)c5)nc(-c5cc(-c6ccccc6)cc(-c6ccccc6)c5)n4)cc4c2B3c2cc(-c3ccc(C(C)(C)C)cc3)cc3c5cc(C(C)(C)C)ccc5n-4c23)cc1. The lowest BCUT2D eigenvalue weighted by Gasteiger charge is -2.34. The van der Waals surface area contributed by atoms with Gasteiger partial charge in [0.1, 0.15) is 0 Å². The maximum absolute atomic E-state index is 5.85. The summed E-state index contributed by atoms with van der Waals surface area (Å²) in [6.45, 7) is 27.6. The van der Waals surface area contributed by atoms with Gasteiger partial charge in [-0.15, -0.1) is 0 Å². The molecule has 103 heavy (non-hydrogen) atoms. The van der Waals surface area contributed by atoms with Crippen molar-refractivity contribution in [3.63, 3.8) is 0 Å².